The molecule has 0 aromatic heterocycles. The maximum Gasteiger partial charge on any atom is 0.248 e. The van der Waals surface area contributed by atoms with E-state index in [9.17, 15) is 19.2 Å². The predicted octanol–water partition coefficient (Wildman–Crippen LogP) is 1.31. The summed E-state index contributed by atoms with van der Waals surface area (Å²) >= 11 is 0. The van der Waals surface area contributed by atoms with Crippen LogP contribution in [0.15, 0.2) is 48.5 Å². The molecule has 0 saturated carbocycles. The van der Waals surface area contributed by atoms with Gasteiger partial charge in [0.15, 0.2) is 0 Å². The molecule has 0 radical (unpaired) electrons. The van der Waals surface area contributed by atoms with Gasteiger partial charge in [0, 0.05) is 18.7 Å². The molecule has 2 aromatic rings. The number of hydrogen-bond acceptors (Lipinski definition) is 6. The van der Waals surface area contributed by atoms with Crippen LogP contribution in [0.4, 0.5) is 5.69 Å². The summed E-state index contributed by atoms with van der Waals surface area (Å²) in [7, 11) is 1.57. The number of nitrogens with one attached hydrogen (secondary N) is 2. The van der Waals surface area contributed by atoms with E-state index < -0.39 is 6.04 Å². The van der Waals surface area contributed by atoms with Gasteiger partial charge < -0.3 is 9.64 Å². The molecule has 4 amide bonds. The van der Waals surface area contributed by atoms with Crippen molar-refractivity contribution in [3.05, 3.63) is 59.7 Å². The Morgan fingerprint density at radius 1 is 1.00 bits per heavy atom. The summed E-state index contributed by atoms with van der Waals surface area (Å²) in [5, 5.41) is 0. The third kappa shape index (κ3) is 5.20. The van der Waals surface area contributed by atoms with Crippen LogP contribution in [-0.2, 0) is 32.1 Å². The van der Waals surface area contributed by atoms with E-state index in [-0.39, 0.29) is 43.0 Å². The highest BCUT2D eigenvalue weighted by molar-refractivity contribution is 6.05. The molecule has 9 heteroatoms. The summed E-state index contributed by atoms with van der Waals surface area (Å²) in [4.78, 5) is 52.1. The molecular formula is C24H26N4O5. The molecule has 2 aliphatic heterocycles. The van der Waals surface area contributed by atoms with Crippen LogP contribution < -0.4 is 20.5 Å². The van der Waals surface area contributed by atoms with Crippen LogP contribution in [0.2, 0.25) is 0 Å². The number of carbonyl (C=O) groups excluding carboxylic acids is 4. The van der Waals surface area contributed by atoms with E-state index >= 15 is 0 Å². The van der Waals surface area contributed by atoms with Crippen molar-refractivity contribution >= 4 is 29.3 Å². The molecule has 2 aromatic carbocycles. The first-order valence-corrected chi connectivity index (χ1v) is 10.9. The quantitative estimate of drug-likeness (QED) is 0.464. The smallest absolute Gasteiger partial charge is 0.248 e. The van der Waals surface area contributed by atoms with Gasteiger partial charge in [0.25, 0.3) is 0 Å². The standard InChI is InChI=1S/C24H26N4O5/c1-33-19-10-6-16(7-11-19)13-21(29)26-25-20-14-23(31)28(24(20)32)15-17-4-8-18(9-5-17)27-12-2-3-22(27)30/h4-11,20,25H,2-3,12-15H2,1H3,(H,26,29)/t20-/m1/s1. The summed E-state index contributed by atoms with van der Waals surface area (Å²) in [6.07, 6.45) is 1.51. The van der Waals surface area contributed by atoms with E-state index in [0.717, 1.165) is 23.2 Å². The third-order valence-corrected chi connectivity index (χ3v) is 5.82. The highest BCUT2D eigenvalue weighted by Gasteiger charge is 2.38. The fourth-order valence-electron chi connectivity index (χ4n) is 3.99. The molecular weight excluding hydrogens is 424 g/mol. The molecule has 172 valence electrons. The second kappa shape index (κ2) is 9.83. The van der Waals surface area contributed by atoms with Gasteiger partial charge in [-0.1, -0.05) is 24.3 Å². The van der Waals surface area contributed by atoms with Crippen LogP contribution in [0.3, 0.4) is 0 Å². The zero-order chi connectivity index (χ0) is 23.4. The summed E-state index contributed by atoms with van der Waals surface area (Å²) < 4.78 is 5.09. The second-order valence-electron chi connectivity index (χ2n) is 8.11. The summed E-state index contributed by atoms with van der Waals surface area (Å²) in [5.74, 6) is -0.197. The Balaban J connectivity index is 1.29. The Labute approximate surface area is 191 Å². The van der Waals surface area contributed by atoms with Crippen LogP contribution in [-0.4, -0.2) is 48.2 Å². The van der Waals surface area contributed by atoms with Gasteiger partial charge in [-0.3, -0.25) is 29.5 Å². The lowest BCUT2D eigenvalue weighted by atomic mass is 10.1. The number of benzene rings is 2. The van der Waals surface area contributed by atoms with E-state index in [2.05, 4.69) is 10.9 Å². The predicted molar refractivity (Wildman–Crippen MR) is 120 cm³/mol. The minimum Gasteiger partial charge on any atom is -0.497 e. The monoisotopic (exact) mass is 450 g/mol. The summed E-state index contributed by atoms with van der Waals surface area (Å²) in [6.45, 7) is 0.850. The summed E-state index contributed by atoms with van der Waals surface area (Å²) in [6, 6.07) is 13.6. The van der Waals surface area contributed by atoms with Gasteiger partial charge in [-0.25, -0.2) is 5.43 Å². The molecule has 2 saturated heterocycles. The number of hydrogen-bond donors (Lipinski definition) is 2. The van der Waals surface area contributed by atoms with Crippen molar-refractivity contribution in [2.75, 3.05) is 18.6 Å². The number of carbonyl (C=O) groups is 4. The number of anilines is 1. The SMILES string of the molecule is COc1ccc(CC(=O)NN[C@@H]2CC(=O)N(Cc3ccc(N4CCCC4=O)cc3)C2=O)cc1. The minimum absolute atomic E-state index is 0.0258. The van der Waals surface area contributed by atoms with E-state index in [4.69, 9.17) is 4.74 Å². The molecule has 2 fully saturated rings. The Morgan fingerprint density at radius 2 is 1.70 bits per heavy atom. The van der Waals surface area contributed by atoms with Crippen LogP contribution in [0.1, 0.15) is 30.4 Å². The van der Waals surface area contributed by atoms with Crippen LogP contribution >= 0.6 is 0 Å². The normalized spacial score (nSPS) is 18.2. The van der Waals surface area contributed by atoms with E-state index in [1.807, 2.05) is 24.3 Å². The van der Waals surface area contributed by atoms with Crippen molar-refractivity contribution in [2.45, 2.75) is 38.3 Å². The van der Waals surface area contributed by atoms with Gasteiger partial charge in [-0.15, -0.1) is 0 Å². The Hall–Kier alpha value is -3.72. The lowest BCUT2D eigenvalue weighted by Gasteiger charge is -2.18. The molecule has 2 heterocycles. The maximum atomic E-state index is 12.7. The molecule has 33 heavy (non-hydrogen) atoms. The third-order valence-electron chi connectivity index (χ3n) is 5.82. The van der Waals surface area contributed by atoms with Crippen molar-refractivity contribution in [3.8, 4) is 5.75 Å². The van der Waals surface area contributed by atoms with Crippen molar-refractivity contribution in [1.82, 2.24) is 15.8 Å². The van der Waals surface area contributed by atoms with Gasteiger partial charge in [-0.05, 0) is 41.8 Å². The van der Waals surface area contributed by atoms with Gasteiger partial charge in [0.2, 0.25) is 23.6 Å². The van der Waals surface area contributed by atoms with Crippen molar-refractivity contribution in [3.63, 3.8) is 0 Å². The fraction of sp³-hybridized carbons (Fsp3) is 0.333. The highest BCUT2D eigenvalue weighted by atomic mass is 16.5. The average molecular weight is 450 g/mol. The molecule has 0 spiro atoms. The number of rotatable bonds is 8. The topological polar surface area (TPSA) is 108 Å². The Kier molecular flexibility index (Phi) is 6.69. The number of nitrogens with zero attached hydrogens (tertiary/aromatic N) is 2. The van der Waals surface area contributed by atoms with Gasteiger partial charge >= 0.3 is 0 Å². The van der Waals surface area contributed by atoms with Gasteiger partial charge in [0.05, 0.1) is 26.5 Å². The van der Waals surface area contributed by atoms with Crippen LogP contribution in [0.25, 0.3) is 0 Å². The largest absolute Gasteiger partial charge is 0.497 e. The Morgan fingerprint density at radius 3 is 2.33 bits per heavy atom. The molecule has 0 bridgehead atoms. The first-order chi connectivity index (χ1) is 15.9. The van der Waals surface area contributed by atoms with Crippen LogP contribution in [0.5, 0.6) is 5.75 Å². The number of amides is 4. The lowest BCUT2D eigenvalue weighted by molar-refractivity contribution is -0.139. The molecule has 0 unspecified atom stereocenters. The lowest BCUT2D eigenvalue weighted by Crippen LogP contribution is -2.48. The zero-order valence-electron chi connectivity index (χ0n) is 18.4. The van der Waals surface area contributed by atoms with Gasteiger partial charge in [0.1, 0.15) is 11.8 Å². The Bertz CT molecular complexity index is 1050. The van der Waals surface area contributed by atoms with E-state index in [0.29, 0.717) is 18.7 Å². The molecule has 4 rings (SSSR count). The average Bonchev–Trinajstić information content (AvgIpc) is 3.36. The molecule has 2 aliphatic rings. The fourth-order valence-corrected chi connectivity index (χ4v) is 3.99. The van der Waals surface area contributed by atoms with Crippen molar-refractivity contribution in [2.24, 2.45) is 0 Å². The number of methoxy groups -OCH3 is 1. The molecule has 2 N–H and O–H groups in total. The second-order valence-corrected chi connectivity index (χ2v) is 8.11. The highest BCUT2D eigenvalue weighted by Crippen LogP contribution is 2.23. The first kappa shape index (κ1) is 22.5. The molecule has 0 aliphatic carbocycles. The number of imide groups is 1. The molecule has 1 atom stereocenters. The first-order valence-electron chi connectivity index (χ1n) is 10.9. The van der Waals surface area contributed by atoms with E-state index in [1.54, 1.807) is 36.3 Å². The van der Waals surface area contributed by atoms with Gasteiger partial charge in [-0.2, -0.15) is 0 Å². The van der Waals surface area contributed by atoms with Crippen molar-refractivity contribution in [1.29, 1.82) is 0 Å². The van der Waals surface area contributed by atoms with Crippen LogP contribution in [0, 0.1) is 0 Å². The van der Waals surface area contributed by atoms with E-state index in [1.165, 1.54) is 4.90 Å². The maximum absolute atomic E-state index is 12.7. The number of hydrazine groups is 1. The minimum atomic E-state index is -0.807. The number of likely N-dealkylation sites (tertiary alicyclic amines) is 1. The molecule has 9 nitrogen and oxygen atoms in total. The van der Waals surface area contributed by atoms with Crippen molar-refractivity contribution < 1.29 is 23.9 Å². The summed E-state index contributed by atoms with van der Waals surface area (Å²) in [5.41, 5.74) is 7.62. The number of ether oxygens (including phenoxy) is 1. The zero-order valence-corrected chi connectivity index (χ0v) is 18.4.